The molecule has 0 aliphatic heterocycles. The van der Waals surface area contributed by atoms with Crippen LogP contribution in [0.25, 0.3) is 0 Å². The SMILES string of the molecule is C=C(C(C)=O)C(O)(C(=O)OC)C(F)(F)F. The lowest BCUT2D eigenvalue weighted by Gasteiger charge is -2.28. The van der Waals surface area contributed by atoms with Gasteiger partial charge in [-0.3, -0.25) is 4.79 Å². The Morgan fingerprint density at radius 3 is 1.93 bits per heavy atom. The molecule has 0 aromatic rings. The number of ketones is 1. The minimum absolute atomic E-state index is 0.659. The number of aliphatic hydroxyl groups is 1. The molecule has 0 amide bonds. The highest BCUT2D eigenvalue weighted by Gasteiger charge is 2.63. The minimum Gasteiger partial charge on any atom is -0.466 e. The van der Waals surface area contributed by atoms with Crippen LogP contribution in [0.15, 0.2) is 12.2 Å². The third-order valence-electron chi connectivity index (χ3n) is 1.75. The van der Waals surface area contributed by atoms with E-state index in [9.17, 15) is 22.8 Å². The Morgan fingerprint density at radius 1 is 1.33 bits per heavy atom. The molecular weight excluding hydrogens is 217 g/mol. The maximum atomic E-state index is 12.4. The lowest BCUT2D eigenvalue weighted by atomic mass is 9.91. The molecule has 1 N–H and O–H groups in total. The van der Waals surface area contributed by atoms with E-state index in [-0.39, 0.29) is 0 Å². The summed E-state index contributed by atoms with van der Waals surface area (Å²) in [5.74, 6) is -3.14. The largest absolute Gasteiger partial charge is 0.466 e. The van der Waals surface area contributed by atoms with E-state index in [1.807, 2.05) is 0 Å². The number of hydrogen-bond donors (Lipinski definition) is 1. The summed E-state index contributed by atoms with van der Waals surface area (Å²) in [5, 5.41) is 9.14. The molecule has 0 radical (unpaired) electrons. The van der Waals surface area contributed by atoms with Gasteiger partial charge in [-0.2, -0.15) is 13.2 Å². The van der Waals surface area contributed by atoms with E-state index >= 15 is 0 Å². The summed E-state index contributed by atoms with van der Waals surface area (Å²) in [6.07, 6.45) is -5.36. The van der Waals surface area contributed by atoms with Gasteiger partial charge in [-0.25, -0.2) is 4.79 Å². The molecule has 7 heteroatoms. The summed E-state index contributed by atoms with van der Waals surface area (Å²) in [6, 6.07) is 0. The van der Waals surface area contributed by atoms with Crippen molar-refractivity contribution in [3.8, 4) is 0 Å². The number of carbonyl (C=O) groups is 2. The number of esters is 1. The molecule has 1 atom stereocenters. The normalized spacial score (nSPS) is 15.3. The zero-order valence-electron chi connectivity index (χ0n) is 8.01. The van der Waals surface area contributed by atoms with Gasteiger partial charge >= 0.3 is 12.1 Å². The standard InChI is InChI=1S/C8H9F3O4/c1-4(5(2)12)7(14,6(13)15-3)8(9,10)11/h14H,1H2,2-3H3. The van der Waals surface area contributed by atoms with E-state index in [2.05, 4.69) is 11.3 Å². The predicted octanol–water partition coefficient (Wildman–Crippen LogP) is 0.598. The number of methoxy groups -OCH3 is 1. The first-order valence-corrected chi connectivity index (χ1v) is 3.66. The van der Waals surface area contributed by atoms with Crippen molar-refractivity contribution >= 4 is 11.8 Å². The molecule has 15 heavy (non-hydrogen) atoms. The topological polar surface area (TPSA) is 63.6 Å². The fraction of sp³-hybridized carbons (Fsp3) is 0.500. The highest BCUT2D eigenvalue weighted by Crippen LogP contribution is 2.36. The Balaban J connectivity index is 5.52. The highest BCUT2D eigenvalue weighted by molar-refractivity contribution is 6.02. The average Bonchev–Trinajstić information content (AvgIpc) is 2.11. The van der Waals surface area contributed by atoms with Gasteiger partial charge in [-0.15, -0.1) is 0 Å². The second kappa shape index (κ2) is 4.01. The fourth-order valence-corrected chi connectivity index (χ4v) is 0.812. The first-order chi connectivity index (χ1) is 6.59. The molecule has 0 spiro atoms. The number of ether oxygens (including phenoxy) is 1. The van der Waals surface area contributed by atoms with Crippen molar-refractivity contribution in [1.29, 1.82) is 0 Å². The second-order valence-corrected chi connectivity index (χ2v) is 2.73. The van der Waals surface area contributed by atoms with Gasteiger partial charge in [0.2, 0.25) is 0 Å². The van der Waals surface area contributed by atoms with Gasteiger partial charge in [-0.1, -0.05) is 6.58 Å². The highest BCUT2D eigenvalue weighted by atomic mass is 19.4. The molecule has 4 nitrogen and oxygen atoms in total. The summed E-state index contributed by atoms with van der Waals surface area (Å²) in [6.45, 7) is 3.49. The van der Waals surface area contributed by atoms with Gasteiger partial charge in [0.1, 0.15) is 0 Å². The van der Waals surface area contributed by atoms with Crippen LogP contribution >= 0.6 is 0 Å². The van der Waals surface area contributed by atoms with Crippen LogP contribution in [0.4, 0.5) is 13.2 Å². The molecule has 86 valence electrons. The third kappa shape index (κ3) is 2.17. The Morgan fingerprint density at radius 2 is 1.73 bits per heavy atom. The molecule has 0 saturated heterocycles. The van der Waals surface area contributed by atoms with Crippen LogP contribution in [-0.2, 0) is 14.3 Å². The Labute approximate surface area is 83.3 Å². The van der Waals surface area contributed by atoms with Crippen LogP contribution in [0.5, 0.6) is 0 Å². The molecule has 0 aromatic carbocycles. The van der Waals surface area contributed by atoms with Crippen molar-refractivity contribution < 1.29 is 32.6 Å². The van der Waals surface area contributed by atoms with Crippen molar-refractivity contribution in [1.82, 2.24) is 0 Å². The number of halogens is 3. The van der Waals surface area contributed by atoms with Crippen molar-refractivity contribution in [3.63, 3.8) is 0 Å². The van der Waals surface area contributed by atoms with Crippen LogP contribution in [0.3, 0.4) is 0 Å². The summed E-state index contributed by atoms with van der Waals surface area (Å²) in [4.78, 5) is 21.5. The lowest BCUT2D eigenvalue weighted by Crippen LogP contribution is -2.55. The number of alkyl halides is 3. The molecular formula is C8H9F3O4. The summed E-state index contributed by atoms with van der Waals surface area (Å²) < 4.78 is 41.0. The van der Waals surface area contributed by atoms with Crippen LogP contribution in [0.1, 0.15) is 6.92 Å². The van der Waals surface area contributed by atoms with Gasteiger partial charge in [0.25, 0.3) is 5.60 Å². The van der Waals surface area contributed by atoms with Crippen LogP contribution in [0, 0.1) is 0 Å². The van der Waals surface area contributed by atoms with E-state index in [0.29, 0.717) is 7.11 Å². The van der Waals surface area contributed by atoms with E-state index in [0.717, 1.165) is 6.92 Å². The van der Waals surface area contributed by atoms with Crippen molar-refractivity contribution in [3.05, 3.63) is 12.2 Å². The van der Waals surface area contributed by atoms with E-state index in [1.54, 1.807) is 0 Å². The first kappa shape index (κ1) is 13.6. The number of carbonyl (C=O) groups excluding carboxylic acids is 2. The molecule has 1 unspecified atom stereocenters. The summed E-state index contributed by atoms with van der Waals surface area (Å²) in [5.41, 5.74) is -5.25. The molecule has 0 heterocycles. The van der Waals surface area contributed by atoms with Gasteiger partial charge in [0, 0.05) is 5.57 Å². The van der Waals surface area contributed by atoms with Gasteiger partial charge in [0.05, 0.1) is 7.11 Å². The zero-order chi connectivity index (χ0) is 12.4. The molecule has 0 aromatic heterocycles. The molecule has 0 bridgehead atoms. The Kier molecular flexibility index (Phi) is 3.65. The van der Waals surface area contributed by atoms with E-state index < -0.39 is 29.1 Å². The Hall–Kier alpha value is -1.37. The van der Waals surface area contributed by atoms with Crippen molar-refractivity contribution in [2.75, 3.05) is 7.11 Å². The van der Waals surface area contributed by atoms with Crippen molar-refractivity contribution in [2.24, 2.45) is 0 Å². The maximum Gasteiger partial charge on any atom is 0.432 e. The van der Waals surface area contributed by atoms with Crippen LogP contribution in [-0.4, -0.2) is 35.7 Å². The second-order valence-electron chi connectivity index (χ2n) is 2.73. The third-order valence-corrected chi connectivity index (χ3v) is 1.75. The van der Waals surface area contributed by atoms with Gasteiger partial charge < -0.3 is 9.84 Å². The summed E-state index contributed by atoms with van der Waals surface area (Å²) in [7, 11) is 0.659. The van der Waals surface area contributed by atoms with Gasteiger partial charge in [0.15, 0.2) is 5.78 Å². The fourth-order valence-electron chi connectivity index (χ4n) is 0.812. The lowest BCUT2D eigenvalue weighted by molar-refractivity contribution is -0.248. The van der Waals surface area contributed by atoms with E-state index in [1.165, 1.54) is 0 Å². The molecule has 0 rings (SSSR count). The molecule has 0 aliphatic rings. The summed E-state index contributed by atoms with van der Waals surface area (Å²) >= 11 is 0. The van der Waals surface area contributed by atoms with E-state index in [4.69, 9.17) is 5.11 Å². The smallest absolute Gasteiger partial charge is 0.432 e. The van der Waals surface area contributed by atoms with Gasteiger partial charge in [-0.05, 0) is 6.92 Å². The van der Waals surface area contributed by atoms with Crippen molar-refractivity contribution in [2.45, 2.75) is 18.7 Å². The maximum absolute atomic E-state index is 12.4. The van der Waals surface area contributed by atoms with Crippen LogP contribution in [0.2, 0.25) is 0 Å². The number of Topliss-reactive ketones (excluding diaryl/α,β-unsaturated/α-hetero) is 1. The number of rotatable bonds is 3. The average molecular weight is 226 g/mol. The van der Waals surface area contributed by atoms with Crippen LogP contribution < -0.4 is 0 Å². The minimum atomic E-state index is -5.36. The zero-order valence-corrected chi connectivity index (χ0v) is 8.01. The quantitative estimate of drug-likeness (QED) is 0.565. The monoisotopic (exact) mass is 226 g/mol. The number of hydrogen-bond acceptors (Lipinski definition) is 4. The molecule has 0 fully saturated rings. The Bertz CT molecular complexity index is 307. The molecule has 0 saturated carbocycles. The molecule has 0 aliphatic carbocycles. The predicted molar refractivity (Wildman–Crippen MR) is 42.8 cm³/mol. The first-order valence-electron chi connectivity index (χ1n) is 3.66.